The Morgan fingerprint density at radius 2 is 2.04 bits per heavy atom. The van der Waals surface area contributed by atoms with Crippen LogP contribution in [0.2, 0.25) is 0 Å². The smallest absolute Gasteiger partial charge is 0.272 e. The van der Waals surface area contributed by atoms with Gasteiger partial charge in [0, 0.05) is 38.4 Å². The molecule has 3 heterocycles. The van der Waals surface area contributed by atoms with Gasteiger partial charge in [-0.1, -0.05) is 0 Å². The molecule has 1 amide bonds. The third-order valence-electron chi connectivity index (χ3n) is 4.40. The molecule has 1 fully saturated rings. The van der Waals surface area contributed by atoms with Gasteiger partial charge in [0.2, 0.25) is 0 Å². The number of carbonyl (C=O) groups is 1. The molecule has 0 saturated carbocycles. The molecule has 8 nitrogen and oxygen atoms in total. The molecule has 3 rings (SSSR count). The van der Waals surface area contributed by atoms with E-state index < -0.39 is 6.10 Å². The highest BCUT2D eigenvalue weighted by atomic mass is 16.5. The fraction of sp³-hybridized carbons (Fsp3) is 0.562. The Balaban J connectivity index is 1.92. The number of carbonyl (C=O) groups excluding carboxylic acids is 1. The van der Waals surface area contributed by atoms with Crippen LogP contribution >= 0.6 is 0 Å². The molecule has 1 unspecified atom stereocenters. The summed E-state index contributed by atoms with van der Waals surface area (Å²) in [6.07, 6.45) is -0.660. The first-order valence-corrected chi connectivity index (χ1v) is 7.98. The van der Waals surface area contributed by atoms with Gasteiger partial charge in [-0.2, -0.15) is 10.2 Å². The number of ether oxygens (including phenoxy) is 1. The third kappa shape index (κ3) is 2.94. The highest BCUT2D eigenvalue weighted by molar-refractivity contribution is 5.94. The second kappa shape index (κ2) is 6.37. The van der Waals surface area contributed by atoms with E-state index in [4.69, 9.17) is 4.74 Å². The van der Waals surface area contributed by atoms with Crippen LogP contribution in [0.25, 0.3) is 11.3 Å². The van der Waals surface area contributed by atoms with Crippen LogP contribution in [-0.4, -0.2) is 67.9 Å². The van der Waals surface area contributed by atoms with Crippen LogP contribution in [0.1, 0.15) is 21.9 Å². The van der Waals surface area contributed by atoms with Crippen molar-refractivity contribution >= 4 is 5.91 Å². The Hall–Kier alpha value is -2.19. The highest BCUT2D eigenvalue weighted by Crippen LogP contribution is 2.26. The molecule has 0 aliphatic carbocycles. The lowest BCUT2D eigenvalue weighted by Crippen LogP contribution is -2.38. The molecule has 24 heavy (non-hydrogen) atoms. The van der Waals surface area contributed by atoms with Gasteiger partial charge in [0.1, 0.15) is 5.69 Å². The summed E-state index contributed by atoms with van der Waals surface area (Å²) in [7, 11) is 3.64. The largest absolute Gasteiger partial charge is 0.389 e. The molecule has 2 aromatic rings. The van der Waals surface area contributed by atoms with Crippen LogP contribution in [0, 0.1) is 13.8 Å². The van der Waals surface area contributed by atoms with Crippen LogP contribution in [0.15, 0.2) is 6.07 Å². The number of hydrogen-bond donors (Lipinski definition) is 1. The van der Waals surface area contributed by atoms with E-state index in [1.165, 1.54) is 0 Å². The van der Waals surface area contributed by atoms with Gasteiger partial charge >= 0.3 is 0 Å². The summed E-state index contributed by atoms with van der Waals surface area (Å²) in [5, 5.41) is 18.7. The van der Waals surface area contributed by atoms with Gasteiger partial charge in [-0.25, -0.2) is 0 Å². The maximum atomic E-state index is 12.8. The Labute approximate surface area is 140 Å². The first-order valence-electron chi connectivity index (χ1n) is 7.98. The zero-order chi connectivity index (χ0) is 17.4. The zero-order valence-electron chi connectivity index (χ0n) is 14.5. The van der Waals surface area contributed by atoms with E-state index in [9.17, 15) is 9.90 Å². The van der Waals surface area contributed by atoms with Crippen molar-refractivity contribution in [1.29, 1.82) is 0 Å². The molecule has 1 atom stereocenters. The number of aryl methyl sites for hydroxylation is 3. The van der Waals surface area contributed by atoms with Crippen LogP contribution in [0.5, 0.6) is 0 Å². The van der Waals surface area contributed by atoms with Gasteiger partial charge in [0.25, 0.3) is 5.91 Å². The molecule has 0 spiro atoms. The normalized spacial score (nSPS) is 18.7. The van der Waals surface area contributed by atoms with E-state index in [-0.39, 0.29) is 19.1 Å². The lowest BCUT2D eigenvalue weighted by atomic mass is 10.1. The molecular formula is C16H23N5O3. The number of β-amino-alcohol motifs (C(OH)–C–C–N with tert-alkyl or cyclic N) is 1. The van der Waals surface area contributed by atoms with Crippen molar-refractivity contribution in [1.82, 2.24) is 24.5 Å². The predicted molar refractivity (Wildman–Crippen MR) is 87.6 cm³/mol. The number of rotatable bonds is 2. The number of hydrogen-bond acceptors (Lipinski definition) is 5. The van der Waals surface area contributed by atoms with Gasteiger partial charge in [-0.05, 0) is 19.9 Å². The molecule has 8 heteroatoms. The molecule has 130 valence electrons. The fourth-order valence-corrected chi connectivity index (χ4v) is 3.07. The van der Waals surface area contributed by atoms with Crippen LogP contribution in [0.3, 0.4) is 0 Å². The lowest BCUT2D eigenvalue weighted by molar-refractivity contribution is 0.0531. The van der Waals surface area contributed by atoms with Crippen molar-refractivity contribution in [3.8, 4) is 11.3 Å². The van der Waals surface area contributed by atoms with Crippen molar-refractivity contribution in [3.05, 3.63) is 23.1 Å². The van der Waals surface area contributed by atoms with Crippen molar-refractivity contribution in [2.45, 2.75) is 20.0 Å². The minimum absolute atomic E-state index is 0.153. The SMILES string of the molecule is Cc1nn(C)c(C)c1-c1cc(C(=O)N2CCOCC(O)C2)n(C)n1. The highest BCUT2D eigenvalue weighted by Gasteiger charge is 2.26. The molecular weight excluding hydrogens is 310 g/mol. The molecule has 0 bridgehead atoms. The van der Waals surface area contributed by atoms with E-state index in [1.807, 2.05) is 25.6 Å². The number of aromatic nitrogens is 4. The maximum absolute atomic E-state index is 12.8. The van der Waals surface area contributed by atoms with Crippen LogP contribution < -0.4 is 0 Å². The first kappa shape index (κ1) is 16.7. The van der Waals surface area contributed by atoms with Crippen molar-refractivity contribution in [3.63, 3.8) is 0 Å². The standard InChI is InChI=1S/C16H23N5O3/c1-10-15(11(2)19(3)17-10)13-7-14(20(4)18-13)16(23)21-5-6-24-9-12(22)8-21/h7,12,22H,5-6,8-9H2,1-4H3. The van der Waals surface area contributed by atoms with Crippen molar-refractivity contribution < 1.29 is 14.6 Å². The second-order valence-corrected chi connectivity index (χ2v) is 6.19. The van der Waals surface area contributed by atoms with Gasteiger partial charge < -0.3 is 14.7 Å². The first-order chi connectivity index (χ1) is 11.4. The van der Waals surface area contributed by atoms with Crippen molar-refractivity contribution in [2.24, 2.45) is 14.1 Å². The van der Waals surface area contributed by atoms with Crippen molar-refractivity contribution in [2.75, 3.05) is 26.3 Å². The molecule has 0 aromatic carbocycles. The summed E-state index contributed by atoms with van der Waals surface area (Å²) in [5.74, 6) is -0.153. The summed E-state index contributed by atoms with van der Waals surface area (Å²) in [5.41, 5.74) is 4.05. The average Bonchev–Trinajstić information content (AvgIpc) is 2.90. The van der Waals surface area contributed by atoms with Gasteiger partial charge in [0.15, 0.2) is 0 Å². The average molecular weight is 333 g/mol. The number of nitrogens with zero attached hydrogens (tertiary/aromatic N) is 5. The van der Waals surface area contributed by atoms with E-state index in [1.54, 1.807) is 22.7 Å². The molecule has 1 N–H and O–H groups in total. The van der Waals surface area contributed by atoms with Gasteiger partial charge in [-0.3, -0.25) is 14.2 Å². The molecule has 1 saturated heterocycles. The fourth-order valence-electron chi connectivity index (χ4n) is 3.07. The lowest BCUT2D eigenvalue weighted by Gasteiger charge is -2.21. The van der Waals surface area contributed by atoms with Crippen LogP contribution in [0.4, 0.5) is 0 Å². The van der Waals surface area contributed by atoms with E-state index in [0.29, 0.717) is 18.8 Å². The molecule has 1 aliphatic rings. The molecule has 1 aliphatic heterocycles. The third-order valence-corrected chi connectivity index (χ3v) is 4.40. The molecule has 0 radical (unpaired) electrons. The number of amides is 1. The summed E-state index contributed by atoms with van der Waals surface area (Å²) >= 11 is 0. The van der Waals surface area contributed by atoms with E-state index in [0.717, 1.165) is 22.6 Å². The predicted octanol–water partition coefficient (Wildman–Crippen LogP) is 0.271. The van der Waals surface area contributed by atoms with E-state index >= 15 is 0 Å². The number of aliphatic hydroxyl groups excluding tert-OH is 1. The minimum atomic E-state index is -0.660. The zero-order valence-corrected chi connectivity index (χ0v) is 14.5. The Morgan fingerprint density at radius 1 is 1.29 bits per heavy atom. The number of aliphatic hydroxyl groups is 1. The monoisotopic (exact) mass is 333 g/mol. The van der Waals surface area contributed by atoms with Crippen LogP contribution in [-0.2, 0) is 18.8 Å². The Morgan fingerprint density at radius 3 is 2.71 bits per heavy atom. The maximum Gasteiger partial charge on any atom is 0.272 e. The summed E-state index contributed by atoms with van der Waals surface area (Å²) in [4.78, 5) is 14.4. The Kier molecular flexibility index (Phi) is 4.42. The quantitative estimate of drug-likeness (QED) is 0.853. The summed E-state index contributed by atoms with van der Waals surface area (Å²) in [6.45, 7) is 5.32. The Bertz CT molecular complexity index is 764. The van der Waals surface area contributed by atoms with Gasteiger partial charge in [-0.15, -0.1) is 0 Å². The summed E-state index contributed by atoms with van der Waals surface area (Å²) in [6, 6.07) is 1.79. The van der Waals surface area contributed by atoms with E-state index in [2.05, 4.69) is 10.2 Å². The minimum Gasteiger partial charge on any atom is -0.389 e. The summed E-state index contributed by atoms with van der Waals surface area (Å²) < 4.78 is 8.68. The van der Waals surface area contributed by atoms with Gasteiger partial charge in [0.05, 0.1) is 30.7 Å². The topological polar surface area (TPSA) is 85.4 Å². The molecule has 2 aromatic heterocycles. The second-order valence-electron chi connectivity index (χ2n) is 6.19.